The maximum atomic E-state index is 11.4. The van der Waals surface area contributed by atoms with Crippen LogP contribution in [0.2, 0.25) is 0 Å². The molecule has 1 fully saturated rings. The first-order chi connectivity index (χ1) is 9.72. The zero-order valence-electron chi connectivity index (χ0n) is 11.2. The van der Waals surface area contributed by atoms with Gasteiger partial charge >= 0.3 is 5.97 Å². The second-order valence-electron chi connectivity index (χ2n) is 4.89. The average Bonchev–Trinajstić information content (AvgIpc) is 2.95. The number of benzene rings is 1. The van der Waals surface area contributed by atoms with Crippen LogP contribution >= 0.6 is 0 Å². The highest BCUT2D eigenvalue weighted by Gasteiger charge is 2.25. The van der Waals surface area contributed by atoms with Crippen LogP contribution in [0.3, 0.4) is 0 Å². The molecule has 3 rings (SSSR count). The highest BCUT2D eigenvalue weighted by molar-refractivity contribution is 6.04. The Morgan fingerprint density at radius 1 is 1.50 bits per heavy atom. The van der Waals surface area contributed by atoms with E-state index in [2.05, 4.69) is 10.2 Å². The second kappa shape index (κ2) is 5.13. The number of carboxylic acid groups (broad SMARTS) is 1. The van der Waals surface area contributed by atoms with Gasteiger partial charge in [0.1, 0.15) is 11.3 Å². The predicted octanol–water partition coefficient (Wildman–Crippen LogP) is 2.16. The SMILES string of the molecule is COc1c(C2CCOCC2)cc(C(=O)O)c2n[nH]cc12. The molecule has 0 spiro atoms. The standard InChI is InChI=1S/C14H16N2O4/c1-19-13-9(8-2-4-20-5-3-8)6-10(14(17)18)12-11(13)7-15-16-12/h6-8H,2-5H2,1H3,(H,15,16)(H,17,18). The molecule has 2 aromatic rings. The summed E-state index contributed by atoms with van der Waals surface area (Å²) in [5.41, 5.74) is 1.58. The number of aromatic nitrogens is 2. The minimum atomic E-state index is -0.974. The van der Waals surface area contributed by atoms with Crippen molar-refractivity contribution in [1.29, 1.82) is 0 Å². The third-order valence-electron chi connectivity index (χ3n) is 3.80. The molecule has 0 radical (unpaired) electrons. The van der Waals surface area contributed by atoms with Gasteiger partial charge in [0.25, 0.3) is 0 Å². The number of fused-ring (bicyclic) bond motifs is 1. The van der Waals surface area contributed by atoms with E-state index in [0.717, 1.165) is 18.4 Å². The van der Waals surface area contributed by atoms with Gasteiger partial charge in [-0.05, 0) is 30.4 Å². The van der Waals surface area contributed by atoms with Crippen molar-refractivity contribution in [3.63, 3.8) is 0 Å². The summed E-state index contributed by atoms with van der Waals surface area (Å²) in [4.78, 5) is 11.4. The third kappa shape index (κ3) is 2.02. The lowest BCUT2D eigenvalue weighted by molar-refractivity contribution is 0.0698. The molecular weight excluding hydrogens is 260 g/mol. The van der Waals surface area contributed by atoms with Gasteiger partial charge in [-0.2, -0.15) is 5.10 Å². The predicted molar refractivity (Wildman–Crippen MR) is 72.4 cm³/mol. The Morgan fingerprint density at radius 2 is 2.25 bits per heavy atom. The van der Waals surface area contributed by atoms with E-state index in [9.17, 15) is 9.90 Å². The minimum Gasteiger partial charge on any atom is -0.496 e. The summed E-state index contributed by atoms with van der Waals surface area (Å²) in [6.45, 7) is 1.39. The van der Waals surface area contributed by atoms with E-state index < -0.39 is 5.97 Å². The number of ether oxygens (including phenoxy) is 2. The van der Waals surface area contributed by atoms with Gasteiger partial charge in [-0.25, -0.2) is 4.79 Å². The first kappa shape index (κ1) is 12.9. The third-order valence-corrected chi connectivity index (χ3v) is 3.80. The van der Waals surface area contributed by atoms with Crippen molar-refractivity contribution < 1.29 is 19.4 Å². The molecule has 1 aliphatic heterocycles. The first-order valence-electron chi connectivity index (χ1n) is 6.57. The van der Waals surface area contributed by atoms with Crippen molar-refractivity contribution in [2.45, 2.75) is 18.8 Å². The lowest BCUT2D eigenvalue weighted by Crippen LogP contribution is -2.15. The van der Waals surface area contributed by atoms with E-state index in [1.807, 2.05) is 0 Å². The van der Waals surface area contributed by atoms with Gasteiger partial charge in [-0.15, -0.1) is 0 Å². The Balaban J connectivity index is 2.20. The molecule has 0 unspecified atom stereocenters. The fraction of sp³-hybridized carbons (Fsp3) is 0.429. The molecule has 1 aromatic carbocycles. The number of hydrogen-bond donors (Lipinski definition) is 2. The fourth-order valence-electron chi connectivity index (χ4n) is 2.82. The van der Waals surface area contributed by atoms with Gasteiger partial charge in [0.05, 0.1) is 18.1 Å². The molecule has 0 bridgehead atoms. The van der Waals surface area contributed by atoms with Crippen LogP contribution < -0.4 is 4.74 Å². The quantitative estimate of drug-likeness (QED) is 0.897. The number of carboxylic acids is 1. The monoisotopic (exact) mass is 276 g/mol. The Morgan fingerprint density at radius 3 is 2.90 bits per heavy atom. The van der Waals surface area contributed by atoms with E-state index in [1.165, 1.54) is 0 Å². The fourth-order valence-corrected chi connectivity index (χ4v) is 2.82. The number of methoxy groups -OCH3 is 1. The number of aromatic amines is 1. The summed E-state index contributed by atoms with van der Waals surface area (Å²) in [5.74, 6) is -0.000174. The van der Waals surface area contributed by atoms with Crippen LogP contribution in [0.25, 0.3) is 10.9 Å². The molecule has 1 saturated heterocycles. The first-order valence-corrected chi connectivity index (χ1v) is 6.57. The van der Waals surface area contributed by atoms with Crippen LogP contribution in [0.4, 0.5) is 0 Å². The van der Waals surface area contributed by atoms with Crippen LogP contribution in [-0.4, -0.2) is 41.6 Å². The Labute approximate surface area is 115 Å². The summed E-state index contributed by atoms with van der Waals surface area (Å²) in [6, 6.07) is 1.69. The van der Waals surface area contributed by atoms with Crippen LogP contribution in [-0.2, 0) is 4.74 Å². The van der Waals surface area contributed by atoms with Crippen molar-refractivity contribution in [3.05, 3.63) is 23.4 Å². The van der Waals surface area contributed by atoms with Crippen molar-refractivity contribution in [3.8, 4) is 5.75 Å². The largest absolute Gasteiger partial charge is 0.496 e. The molecule has 0 atom stereocenters. The number of nitrogens with zero attached hydrogens (tertiary/aromatic N) is 1. The Bertz CT molecular complexity index is 644. The molecule has 1 aliphatic rings. The summed E-state index contributed by atoms with van der Waals surface area (Å²) < 4.78 is 10.9. The zero-order chi connectivity index (χ0) is 14.1. The summed E-state index contributed by atoms with van der Waals surface area (Å²) in [6.07, 6.45) is 3.43. The van der Waals surface area contributed by atoms with Crippen molar-refractivity contribution in [2.24, 2.45) is 0 Å². The van der Waals surface area contributed by atoms with Crippen molar-refractivity contribution in [1.82, 2.24) is 10.2 Å². The van der Waals surface area contributed by atoms with Gasteiger partial charge < -0.3 is 14.6 Å². The van der Waals surface area contributed by atoms with Crippen LogP contribution in [0, 0.1) is 0 Å². The molecule has 6 heteroatoms. The molecule has 0 saturated carbocycles. The molecular formula is C14H16N2O4. The number of nitrogens with one attached hydrogen (secondary N) is 1. The molecule has 1 aromatic heterocycles. The maximum absolute atomic E-state index is 11.4. The number of H-pyrrole nitrogens is 1. The van der Waals surface area contributed by atoms with E-state index in [0.29, 0.717) is 29.9 Å². The second-order valence-corrected chi connectivity index (χ2v) is 4.89. The molecule has 2 heterocycles. The number of carbonyl (C=O) groups is 1. The molecule has 0 amide bonds. The molecule has 0 aliphatic carbocycles. The minimum absolute atomic E-state index is 0.212. The van der Waals surface area contributed by atoms with Crippen molar-refractivity contribution in [2.75, 3.05) is 20.3 Å². The summed E-state index contributed by atoms with van der Waals surface area (Å²) in [7, 11) is 1.60. The van der Waals surface area contributed by atoms with E-state index >= 15 is 0 Å². The molecule has 2 N–H and O–H groups in total. The van der Waals surface area contributed by atoms with Crippen LogP contribution in [0.15, 0.2) is 12.3 Å². The highest BCUT2D eigenvalue weighted by Crippen LogP contribution is 2.39. The number of rotatable bonds is 3. The molecule has 106 valence electrons. The maximum Gasteiger partial charge on any atom is 0.338 e. The lowest BCUT2D eigenvalue weighted by atomic mass is 9.88. The number of aromatic carboxylic acids is 1. The van der Waals surface area contributed by atoms with E-state index in [1.54, 1.807) is 19.4 Å². The zero-order valence-corrected chi connectivity index (χ0v) is 11.2. The number of hydrogen-bond acceptors (Lipinski definition) is 4. The van der Waals surface area contributed by atoms with Gasteiger partial charge in [0, 0.05) is 19.4 Å². The highest BCUT2D eigenvalue weighted by atomic mass is 16.5. The Kier molecular flexibility index (Phi) is 3.31. The topological polar surface area (TPSA) is 84.4 Å². The molecule has 6 nitrogen and oxygen atoms in total. The van der Waals surface area contributed by atoms with Crippen LogP contribution in [0.1, 0.15) is 34.7 Å². The normalized spacial score (nSPS) is 16.4. The van der Waals surface area contributed by atoms with Gasteiger partial charge in [-0.1, -0.05) is 0 Å². The lowest BCUT2D eigenvalue weighted by Gasteiger charge is -2.24. The van der Waals surface area contributed by atoms with Crippen molar-refractivity contribution >= 4 is 16.9 Å². The summed E-state index contributed by atoms with van der Waals surface area (Å²) in [5, 5.41) is 16.8. The van der Waals surface area contributed by atoms with Gasteiger partial charge in [0.2, 0.25) is 0 Å². The Hall–Kier alpha value is -2.08. The molecule has 20 heavy (non-hydrogen) atoms. The summed E-state index contributed by atoms with van der Waals surface area (Å²) >= 11 is 0. The smallest absolute Gasteiger partial charge is 0.338 e. The van der Waals surface area contributed by atoms with Gasteiger partial charge in [0.15, 0.2) is 0 Å². The average molecular weight is 276 g/mol. The van der Waals surface area contributed by atoms with Crippen LogP contribution in [0.5, 0.6) is 5.75 Å². The van der Waals surface area contributed by atoms with Gasteiger partial charge in [-0.3, -0.25) is 5.10 Å². The van der Waals surface area contributed by atoms with E-state index in [4.69, 9.17) is 9.47 Å². The van der Waals surface area contributed by atoms with E-state index in [-0.39, 0.29) is 11.5 Å².